The van der Waals surface area contributed by atoms with Crippen LogP contribution in [0.15, 0.2) is 40.9 Å². The normalized spacial score (nSPS) is 10.5. The first-order chi connectivity index (χ1) is 13.0. The van der Waals surface area contributed by atoms with Crippen LogP contribution in [0.25, 0.3) is 0 Å². The van der Waals surface area contributed by atoms with Gasteiger partial charge in [0.1, 0.15) is 11.5 Å². The van der Waals surface area contributed by atoms with Crippen molar-refractivity contribution in [2.24, 2.45) is 0 Å². The lowest BCUT2D eigenvalue weighted by Crippen LogP contribution is -2.14. The van der Waals surface area contributed by atoms with Crippen LogP contribution in [0.1, 0.15) is 27.6 Å². The lowest BCUT2D eigenvalue weighted by Gasteiger charge is -2.14. The van der Waals surface area contributed by atoms with Gasteiger partial charge in [0, 0.05) is 18.0 Å². The monoisotopic (exact) mass is 387 g/mol. The standard InChI is InChI=1S/C19H18ClN3O4/c1-11-8-15(17(25-3)9-14(11)20)22-19(24)13-6-4-5-7-16(13)26-10-18-21-12(2)27-23-18/h4-9H,10H2,1-3H3,(H,22,24). The Morgan fingerprint density at radius 3 is 2.70 bits per heavy atom. The van der Waals surface area contributed by atoms with E-state index in [0.717, 1.165) is 5.56 Å². The quantitative estimate of drug-likeness (QED) is 0.682. The fourth-order valence-corrected chi connectivity index (χ4v) is 2.60. The molecule has 0 bridgehead atoms. The molecule has 0 saturated carbocycles. The molecular weight excluding hydrogens is 370 g/mol. The van der Waals surface area contributed by atoms with Crippen LogP contribution in [0.5, 0.6) is 11.5 Å². The van der Waals surface area contributed by atoms with Crippen molar-refractivity contribution in [1.29, 1.82) is 0 Å². The van der Waals surface area contributed by atoms with Gasteiger partial charge in [0.25, 0.3) is 5.91 Å². The molecule has 0 aliphatic rings. The number of methoxy groups -OCH3 is 1. The molecule has 140 valence electrons. The van der Waals surface area contributed by atoms with Crippen molar-refractivity contribution in [2.75, 3.05) is 12.4 Å². The molecule has 0 spiro atoms. The Kier molecular flexibility index (Phi) is 5.61. The number of amides is 1. The van der Waals surface area contributed by atoms with Crippen molar-refractivity contribution >= 4 is 23.2 Å². The average Bonchev–Trinajstić information content (AvgIpc) is 3.08. The zero-order valence-electron chi connectivity index (χ0n) is 15.1. The van der Waals surface area contributed by atoms with Gasteiger partial charge >= 0.3 is 0 Å². The molecule has 3 rings (SSSR count). The first kappa shape index (κ1) is 18.7. The van der Waals surface area contributed by atoms with E-state index in [4.69, 9.17) is 25.6 Å². The Morgan fingerprint density at radius 2 is 2.00 bits per heavy atom. The number of carbonyl (C=O) groups excluding carboxylic acids is 1. The maximum atomic E-state index is 12.8. The van der Waals surface area contributed by atoms with Crippen LogP contribution in [0.2, 0.25) is 5.02 Å². The molecule has 3 aromatic rings. The van der Waals surface area contributed by atoms with Gasteiger partial charge in [-0.15, -0.1) is 0 Å². The minimum absolute atomic E-state index is 0.0883. The fraction of sp³-hybridized carbons (Fsp3) is 0.211. The molecule has 0 saturated heterocycles. The molecule has 0 aliphatic carbocycles. The average molecular weight is 388 g/mol. The summed E-state index contributed by atoms with van der Waals surface area (Å²) in [5, 5.41) is 7.17. The Labute approximate surface area is 161 Å². The van der Waals surface area contributed by atoms with Gasteiger partial charge in [-0.25, -0.2) is 0 Å². The first-order valence-corrected chi connectivity index (χ1v) is 8.52. The van der Waals surface area contributed by atoms with Crippen molar-refractivity contribution in [3.63, 3.8) is 0 Å². The molecule has 27 heavy (non-hydrogen) atoms. The topological polar surface area (TPSA) is 86.5 Å². The molecule has 2 aromatic carbocycles. The van der Waals surface area contributed by atoms with Crippen LogP contribution >= 0.6 is 11.6 Å². The number of hydrogen-bond donors (Lipinski definition) is 1. The number of para-hydroxylation sites is 1. The second-order valence-electron chi connectivity index (χ2n) is 5.77. The smallest absolute Gasteiger partial charge is 0.259 e. The highest BCUT2D eigenvalue weighted by molar-refractivity contribution is 6.31. The molecule has 0 aliphatic heterocycles. The van der Waals surface area contributed by atoms with E-state index in [1.165, 1.54) is 7.11 Å². The number of hydrogen-bond acceptors (Lipinski definition) is 6. The van der Waals surface area contributed by atoms with Crippen LogP contribution < -0.4 is 14.8 Å². The first-order valence-electron chi connectivity index (χ1n) is 8.14. The van der Waals surface area contributed by atoms with Crippen LogP contribution in [0.3, 0.4) is 0 Å². The molecule has 7 nitrogen and oxygen atoms in total. The molecule has 1 heterocycles. The second-order valence-corrected chi connectivity index (χ2v) is 6.18. The van der Waals surface area contributed by atoms with Gasteiger partial charge in [0.15, 0.2) is 6.61 Å². The highest BCUT2D eigenvalue weighted by Gasteiger charge is 2.16. The van der Waals surface area contributed by atoms with Gasteiger partial charge in [0.05, 0.1) is 18.4 Å². The molecule has 0 unspecified atom stereocenters. The molecule has 1 amide bonds. The number of nitrogens with zero attached hydrogens (tertiary/aromatic N) is 2. The van der Waals surface area contributed by atoms with Gasteiger partial charge in [-0.3, -0.25) is 4.79 Å². The van der Waals surface area contributed by atoms with Crippen molar-refractivity contribution < 1.29 is 18.8 Å². The molecule has 1 aromatic heterocycles. The third-order valence-corrected chi connectivity index (χ3v) is 4.19. The Hall–Kier alpha value is -3.06. The Bertz CT molecular complexity index is 971. The number of halogens is 1. The van der Waals surface area contributed by atoms with Gasteiger partial charge in [-0.2, -0.15) is 4.98 Å². The van der Waals surface area contributed by atoms with Crippen LogP contribution in [-0.2, 0) is 6.61 Å². The number of aromatic nitrogens is 2. The molecule has 1 N–H and O–H groups in total. The fourth-order valence-electron chi connectivity index (χ4n) is 2.44. The summed E-state index contributed by atoms with van der Waals surface area (Å²) in [4.78, 5) is 16.9. The summed E-state index contributed by atoms with van der Waals surface area (Å²) in [5.74, 6) is 1.39. The van der Waals surface area contributed by atoms with E-state index >= 15 is 0 Å². The molecule has 8 heteroatoms. The van der Waals surface area contributed by atoms with E-state index < -0.39 is 0 Å². The van der Waals surface area contributed by atoms with Crippen LogP contribution in [0, 0.1) is 13.8 Å². The van der Waals surface area contributed by atoms with Gasteiger partial charge in [-0.1, -0.05) is 28.9 Å². The minimum atomic E-state index is -0.338. The number of aryl methyl sites for hydroxylation is 2. The molecule has 0 fully saturated rings. The summed E-state index contributed by atoms with van der Waals surface area (Å²) >= 11 is 6.11. The number of rotatable bonds is 6. The summed E-state index contributed by atoms with van der Waals surface area (Å²) < 4.78 is 15.9. The van der Waals surface area contributed by atoms with E-state index in [9.17, 15) is 4.79 Å². The summed E-state index contributed by atoms with van der Waals surface area (Å²) in [7, 11) is 1.51. The number of anilines is 1. The second kappa shape index (κ2) is 8.09. The lowest BCUT2D eigenvalue weighted by molar-refractivity contribution is 0.102. The van der Waals surface area contributed by atoms with Gasteiger partial charge < -0.3 is 19.3 Å². The van der Waals surface area contributed by atoms with Crippen molar-refractivity contribution in [1.82, 2.24) is 10.1 Å². The Morgan fingerprint density at radius 1 is 1.22 bits per heavy atom. The maximum absolute atomic E-state index is 12.8. The maximum Gasteiger partial charge on any atom is 0.259 e. The third-order valence-electron chi connectivity index (χ3n) is 3.79. The van der Waals surface area contributed by atoms with E-state index in [-0.39, 0.29) is 12.5 Å². The highest BCUT2D eigenvalue weighted by Crippen LogP contribution is 2.32. The van der Waals surface area contributed by atoms with Crippen LogP contribution in [0.4, 0.5) is 5.69 Å². The van der Waals surface area contributed by atoms with E-state index in [0.29, 0.717) is 39.5 Å². The van der Waals surface area contributed by atoms with Crippen LogP contribution in [-0.4, -0.2) is 23.2 Å². The SMILES string of the molecule is COc1cc(Cl)c(C)cc1NC(=O)c1ccccc1OCc1noc(C)n1. The van der Waals surface area contributed by atoms with E-state index in [1.54, 1.807) is 43.3 Å². The van der Waals surface area contributed by atoms with Gasteiger partial charge in [-0.05, 0) is 30.7 Å². The Balaban J connectivity index is 1.80. The predicted octanol–water partition coefficient (Wildman–Crippen LogP) is 4.18. The number of nitrogens with one attached hydrogen (secondary N) is 1. The van der Waals surface area contributed by atoms with Crippen molar-refractivity contribution in [3.05, 3.63) is 64.3 Å². The summed E-state index contributed by atoms with van der Waals surface area (Å²) in [6.07, 6.45) is 0. The number of benzene rings is 2. The van der Waals surface area contributed by atoms with Gasteiger partial charge in [0.2, 0.25) is 11.7 Å². The number of carbonyl (C=O) groups is 1. The summed E-state index contributed by atoms with van der Waals surface area (Å²) in [6, 6.07) is 10.3. The van der Waals surface area contributed by atoms with Crippen molar-refractivity contribution in [3.8, 4) is 11.5 Å². The van der Waals surface area contributed by atoms with E-state index in [2.05, 4.69) is 15.5 Å². The largest absolute Gasteiger partial charge is 0.495 e. The summed E-state index contributed by atoms with van der Waals surface area (Å²) in [6.45, 7) is 3.63. The zero-order valence-corrected chi connectivity index (χ0v) is 15.8. The van der Waals surface area contributed by atoms with E-state index in [1.807, 2.05) is 6.92 Å². The predicted molar refractivity (Wildman–Crippen MR) is 101 cm³/mol. The lowest BCUT2D eigenvalue weighted by atomic mass is 10.1. The van der Waals surface area contributed by atoms with Crippen molar-refractivity contribution in [2.45, 2.75) is 20.5 Å². The molecular formula is C19H18ClN3O4. The number of ether oxygens (including phenoxy) is 2. The highest BCUT2D eigenvalue weighted by atomic mass is 35.5. The zero-order chi connectivity index (χ0) is 19.4. The molecule has 0 radical (unpaired) electrons. The molecule has 0 atom stereocenters. The minimum Gasteiger partial charge on any atom is -0.495 e. The summed E-state index contributed by atoms with van der Waals surface area (Å²) in [5.41, 5.74) is 1.71. The third kappa shape index (κ3) is 4.38.